The van der Waals surface area contributed by atoms with Crippen LogP contribution in [0.5, 0.6) is 0 Å². The number of hydrogen-bond acceptors (Lipinski definition) is 1. The molecule has 0 aliphatic rings. The Hall–Kier alpha value is -4.30. The molecule has 0 saturated carbocycles. The zero-order valence-corrected chi connectivity index (χ0v) is 17.3. The minimum absolute atomic E-state index is 0.928. The van der Waals surface area contributed by atoms with Crippen LogP contribution in [0.3, 0.4) is 0 Å². The molecule has 0 saturated heterocycles. The molecule has 2 aromatic heterocycles. The second-order valence-corrected chi connectivity index (χ2v) is 8.23. The first kappa shape index (κ1) is 17.4. The number of benzene rings is 5. The largest absolute Gasteiger partial charge is 0.456 e. The van der Waals surface area contributed by atoms with E-state index in [9.17, 15) is 0 Å². The molecule has 0 amide bonds. The maximum atomic E-state index is 6.19. The third-order valence-corrected chi connectivity index (χ3v) is 6.38. The maximum Gasteiger partial charge on any atom is 0.136 e. The summed E-state index contributed by atoms with van der Waals surface area (Å²) in [5.41, 5.74) is 7.84. The van der Waals surface area contributed by atoms with Crippen molar-refractivity contribution in [1.82, 2.24) is 4.57 Å². The summed E-state index contributed by atoms with van der Waals surface area (Å²) < 4.78 is 8.57. The lowest BCUT2D eigenvalue weighted by Gasteiger charge is -2.10. The van der Waals surface area contributed by atoms with E-state index in [4.69, 9.17) is 4.42 Å². The molecule has 0 bridgehead atoms. The van der Waals surface area contributed by atoms with Gasteiger partial charge in [0.2, 0.25) is 0 Å². The molecule has 0 radical (unpaired) electrons. The first-order valence-corrected chi connectivity index (χ1v) is 10.9. The van der Waals surface area contributed by atoms with E-state index in [2.05, 4.69) is 108 Å². The van der Waals surface area contributed by atoms with Gasteiger partial charge in [0.15, 0.2) is 0 Å². The van der Waals surface area contributed by atoms with Crippen LogP contribution >= 0.6 is 0 Å². The number of nitrogens with zero attached hydrogens (tertiary/aromatic N) is 1. The number of rotatable bonds is 2. The number of furan rings is 1. The second-order valence-electron chi connectivity index (χ2n) is 8.23. The van der Waals surface area contributed by atoms with Gasteiger partial charge in [-0.1, -0.05) is 78.9 Å². The topological polar surface area (TPSA) is 18.1 Å². The van der Waals surface area contributed by atoms with Gasteiger partial charge in [0.1, 0.15) is 11.2 Å². The van der Waals surface area contributed by atoms with Crippen molar-refractivity contribution < 1.29 is 4.42 Å². The first-order valence-electron chi connectivity index (χ1n) is 10.9. The molecule has 5 aromatic carbocycles. The van der Waals surface area contributed by atoms with Crippen molar-refractivity contribution in [3.05, 3.63) is 115 Å². The molecule has 0 aliphatic carbocycles. The Labute approximate surface area is 184 Å². The Morgan fingerprint density at radius 1 is 0.438 bits per heavy atom. The molecule has 0 atom stereocenters. The Morgan fingerprint density at radius 2 is 1.19 bits per heavy atom. The quantitative estimate of drug-likeness (QED) is 0.280. The van der Waals surface area contributed by atoms with Crippen molar-refractivity contribution in [3.8, 4) is 16.8 Å². The number of aromatic nitrogens is 1. The van der Waals surface area contributed by atoms with Crippen molar-refractivity contribution in [2.45, 2.75) is 0 Å². The lowest BCUT2D eigenvalue weighted by Crippen LogP contribution is -1.94. The van der Waals surface area contributed by atoms with Crippen LogP contribution in [-0.4, -0.2) is 4.57 Å². The minimum Gasteiger partial charge on any atom is -0.456 e. The molecule has 0 N–H and O–H groups in total. The molecule has 150 valence electrons. The summed E-state index contributed by atoms with van der Waals surface area (Å²) >= 11 is 0. The lowest BCUT2D eigenvalue weighted by molar-refractivity contribution is 0.669. The first-order chi connectivity index (χ1) is 15.9. The molecule has 0 fully saturated rings. The molecule has 0 spiro atoms. The van der Waals surface area contributed by atoms with E-state index in [1.54, 1.807) is 0 Å². The molecular weight excluding hydrogens is 390 g/mol. The van der Waals surface area contributed by atoms with Gasteiger partial charge in [-0.15, -0.1) is 0 Å². The highest BCUT2D eigenvalue weighted by Gasteiger charge is 2.16. The van der Waals surface area contributed by atoms with Gasteiger partial charge in [-0.2, -0.15) is 0 Å². The van der Waals surface area contributed by atoms with E-state index < -0.39 is 0 Å². The third-order valence-electron chi connectivity index (χ3n) is 6.38. The molecule has 2 heteroatoms. The van der Waals surface area contributed by atoms with E-state index in [1.807, 2.05) is 12.1 Å². The van der Waals surface area contributed by atoms with Gasteiger partial charge < -0.3 is 8.98 Å². The highest BCUT2D eigenvalue weighted by Crippen LogP contribution is 2.38. The van der Waals surface area contributed by atoms with Crippen molar-refractivity contribution in [2.24, 2.45) is 0 Å². The molecule has 0 aliphatic heterocycles. The van der Waals surface area contributed by atoms with Gasteiger partial charge in [-0.05, 0) is 47.5 Å². The zero-order chi connectivity index (χ0) is 21.1. The highest BCUT2D eigenvalue weighted by atomic mass is 16.3. The summed E-state index contributed by atoms with van der Waals surface area (Å²) in [6.07, 6.45) is 0. The van der Waals surface area contributed by atoms with Gasteiger partial charge in [0.05, 0.1) is 11.0 Å². The molecule has 2 heterocycles. The van der Waals surface area contributed by atoms with E-state index in [1.165, 1.54) is 32.9 Å². The van der Waals surface area contributed by atoms with E-state index in [0.29, 0.717) is 0 Å². The fourth-order valence-electron chi connectivity index (χ4n) is 4.92. The molecule has 7 aromatic rings. The van der Waals surface area contributed by atoms with Gasteiger partial charge >= 0.3 is 0 Å². The number of hydrogen-bond donors (Lipinski definition) is 0. The second kappa shape index (κ2) is 6.60. The van der Waals surface area contributed by atoms with E-state index in [0.717, 1.165) is 27.6 Å². The molecule has 7 rings (SSSR count). The Balaban J connectivity index is 1.58. The van der Waals surface area contributed by atoms with Crippen molar-refractivity contribution in [3.63, 3.8) is 0 Å². The van der Waals surface area contributed by atoms with Crippen molar-refractivity contribution in [2.75, 3.05) is 0 Å². The summed E-state index contributed by atoms with van der Waals surface area (Å²) in [6, 6.07) is 40.7. The maximum absolute atomic E-state index is 6.19. The standard InChI is InChI=1S/C30H19NO/c1-2-9-20(10-3-1)21-11-8-12-22(17-21)31-27-15-6-4-13-23(27)25-19-30-26(18-28(25)31)24-14-5-7-16-29(24)32-30/h1-19H. The van der Waals surface area contributed by atoms with Crippen molar-refractivity contribution in [1.29, 1.82) is 0 Å². The summed E-state index contributed by atoms with van der Waals surface area (Å²) in [5, 5.41) is 4.74. The van der Waals surface area contributed by atoms with Crippen LogP contribution in [0, 0.1) is 0 Å². The fourth-order valence-corrected chi connectivity index (χ4v) is 4.92. The van der Waals surface area contributed by atoms with Crippen LogP contribution in [-0.2, 0) is 0 Å². The molecular formula is C30H19NO. The summed E-state index contributed by atoms with van der Waals surface area (Å²) in [7, 11) is 0. The van der Waals surface area contributed by atoms with Crippen LogP contribution in [0.4, 0.5) is 0 Å². The smallest absolute Gasteiger partial charge is 0.136 e. The van der Waals surface area contributed by atoms with Gasteiger partial charge in [0, 0.05) is 27.2 Å². The van der Waals surface area contributed by atoms with Crippen LogP contribution in [0.25, 0.3) is 60.6 Å². The Kier molecular flexibility index (Phi) is 3.58. The van der Waals surface area contributed by atoms with Crippen LogP contribution in [0.1, 0.15) is 0 Å². The third kappa shape index (κ3) is 2.47. The predicted octanol–water partition coefficient (Wildman–Crippen LogP) is 8.35. The summed E-state index contributed by atoms with van der Waals surface area (Å²) in [6.45, 7) is 0. The number of para-hydroxylation sites is 2. The van der Waals surface area contributed by atoms with Gasteiger partial charge in [0.25, 0.3) is 0 Å². The summed E-state index contributed by atoms with van der Waals surface area (Å²) in [4.78, 5) is 0. The molecule has 32 heavy (non-hydrogen) atoms. The van der Waals surface area contributed by atoms with Crippen LogP contribution < -0.4 is 0 Å². The lowest BCUT2D eigenvalue weighted by atomic mass is 10.1. The summed E-state index contributed by atoms with van der Waals surface area (Å²) in [5.74, 6) is 0. The number of fused-ring (bicyclic) bond motifs is 6. The Morgan fingerprint density at radius 3 is 2.09 bits per heavy atom. The highest BCUT2D eigenvalue weighted by molar-refractivity contribution is 6.17. The van der Waals surface area contributed by atoms with E-state index >= 15 is 0 Å². The van der Waals surface area contributed by atoms with Gasteiger partial charge in [-0.25, -0.2) is 0 Å². The fraction of sp³-hybridized carbons (Fsp3) is 0. The SMILES string of the molecule is c1ccc(-c2cccc(-n3c4ccccc4c4cc5oc6ccccc6c5cc43)c2)cc1. The monoisotopic (exact) mass is 409 g/mol. The van der Waals surface area contributed by atoms with Crippen LogP contribution in [0.2, 0.25) is 0 Å². The normalized spacial score (nSPS) is 11.8. The molecule has 2 nitrogen and oxygen atoms in total. The Bertz CT molecular complexity index is 1770. The van der Waals surface area contributed by atoms with Crippen molar-refractivity contribution >= 4 is 43.7 Å². The van der Waals surface area contributed by atoms with Gasteiger partial charge in [-0.3, -0.25) is 0 Å². The minimum atomic E-state index is 0.928. The van der Waals surface area contributed by atoms with E-state index in [-0.39, 0.29) is 0 Å². The van der Waals surface area contributed by atoms with Crippen LogP contribution in [0.15, 0.2) is 120 Å². The zero-order valence-electron chi connectivity index (χ0n) is 17.3. The average molecular weight is 409 g/mol. The molecule has 0 unspecified atom stereocenters. The average Bonchev–Trinajstić information content (AvgIpc) is 3.38. The predicted molar refractivity (Wildman–Crippen MR) is 133 cm³/mol.